The van der Waals surface area contributed by atoms with E-state index in [1.54, 1.807) is 12.3 Å². The van der Waals surface area contributed by atoms with Crippen LogP contribution in [0.1, 0.15) is 5.56 Å². The Morgan fingerprint density at radius 1 is 1.71 bits per heavy atom. The van der Waals surface area contributed by atoms with Crippen molar-refractivity contribution in [1.82, 2.24) is 4.98 Å². The second-order valence-electron chi connectivity index (χ2n) is 1.36. The molecule has 1 aromatic heterocycles. The van der Waals surface area contributed by atoms with Crippen molar-refractivity contribution in [1.29, 1.82) is 0 Å². The van der Waals surface area contributed by atoms with E-state index in [2.05, 4.69) is 17.2 Å². The molecule has 1 nitrogen and oxygen atoms in total. The van der Waals surface area contributed by atoms with Gasteiger partial charge in [0.25, 0.3) is 0 Å². The molecule has 0 N–H and O–H groups in total. The largest absolute Gasteiger partial charge is 0.254 e. The van der Waals surface area contributed by atoms with Gasteiger partial charge >= 0.3 is 0 Å². The minimum absolute atomic E-state index is 1.08. The lowest BCUT2D eigenvalue weighted by atomic mass is 10.3. The van der Waals surface area contributed by atoms with E-state index in [1.165, 1.54) is 0 Å². The van der Waals surface area contributed by atoms with Gasteiger partial charge in [0, 0.05) is 12.3 Å². The van der Waals surface area contributed by atoms with Crippen molar-refractivity contribution in [2.45, 2.75) is 6.92 Å². The van der Waals surface area contributed by atoms with E-state index in [0.29, 0.717) is 0 Å². The molecule has 1 heteroatoms. The van der Waals surface area contributed by atoms with Crippen LogP contribution in [0, 0.1) is 19.2 Å². The van der Waals surface area contributed by atoms with E-state index in [9.17, 15) is 0 Å². The Hall–Kier alpha value is -0.850. The minimum atomic E-state index is 1.08. The van der Waals surface area contributed by atoms with Crippen LogP contribution in [-0.4, -0.2) is 4.98 Å². The summed E-state index contributed by atoms with van der Waals surface area (Å²) in [5.74, 6) is 0. The van der Waals surface area contributed by atoms with Crippen molar-refractivity contribution in [2.24, 2.45) is 0 Å². The molecule has 0 spiro atoms. The Bertz CT molecular complexity index is 134. The van der Waals surface area contributed by atoms with Crippen LogP contribution in [0.4, 0.5) is 0 Å². The number of rotatable bonds is 0. The molecule has 0 atom stereocenters. The monoisotopic (exact) mass is 91.0 g/mol. The number of pyridine rings is 1. The van der Waals surface area contributed by atoms with Crippen LogP contribution in [0.3, 0.4) is 0 Å². The topological polar surface area (TPSA) is 12.9 Å². The fourth-order valence-electron chi connectivity index (χ4n) is 0.347. The zero-order chi connectivity index (χ0) is 5.11. The van der Waals surface area contributed by atoms with Crippen molar-refractivity contribution in [3.8, 4) is 0 Å². The standard InChI is InChI=1S/C6H5N/c1-6-2-4-7-5-3-6/h2,5H,1H3. The van der Waals surface area contributed by atoms with Crippen molar-refractivity contribution in [3.05, 3.63) is 30.1 Å². The van der Waals surface area contributed by atoms with Crippen LogP contribution in [-0.2, 0) is 0 Å². The quantitative estimate of drug-likeness (QED) is 0.464. The molecular formula is C6H5N. The van der Waals surface area contributed by atoms with Crippen molar-refractivity contribution in [3.63, 3.8) is 0 Å². The van der Waals surface area contributed by atoms with Crippen LogP contribution in [0.25, 0.3) is 0 Å². The van der Waals surface area contributed by atoms with E-state index >= 15 is 0 Å². The molecule has 0 saturated heterocycles. The Kier molecular flexibility index (Phi) is 1.07. The molecule has 0 bridgehead atoms. The van der Waals surface area contributed by atoms with Crippen LogP contribution >= 0.6 is 0 Å². The van der Waals surface area contributed by atoms with E-state index in [1.807, 2.05) is 6.92 Å². The van der Waals surface area contributed by atoms with Gasteiger partial charge in [0.2, 0.25) is 0 Å². The van der Waals surface area contributed by atoms with Gasteiger partial charge in [-0.2, -0.15) is 0 Å². The first-order valence-electron chi connectivity index (χ1n) is 2.10. The van der Waals surface area contributed by atoms with Gasteiger partial charge in [0.15, 0.2) is 0 Å². The Labute approximate surface area is 43.0 Å². The lowest BCUT2D eigenvalue weighted by Gasteiger charge is -1.80. The van der Waals surface area contributed by atoms with Gasteiger partial charge in [-0.25, -0.2) is 0 Å². The zero-order valence-corrected chi connectivity index (χ0v) is 4.10. The molecule has 0 fully saturated rings. The van der Waals surface area contributed by atoms with E-state index in [-0.39, 0.29) is 0 Å². The number of hydrogen-bond acceptors (Lipinski definition) is 1. The lowest BCUT2D eigenvalue weighted by molar-refractivity contribution is 1.26. The second kappa shape index (κ2) is 1.73. The summed E-state index contributed by atoms with van der Waals surface area (Å²) < 4.78 is 0. The zero-order valence-electron chi connectivity index (χ0n) is 4.10. The molecule has 0 aliphatic rings. The van der Waals surface area contributed by atoms with Crippen LogP contribution in [0.5, 0.6) is 0 Å². The van der Waals surface area contributed by atoms with Crippen LogP contribution in [0.2, 0.25) is 0 Å². The molecule has 34 valence electrons. The first kappa shape index (κ1) is 4.31. The molecule has 0 saturated carbocycles. The molecular weight excluding hydrogens is 86.1 g/mol. The number of aryl methyl sites for hydroxylation is 1. The van der Waals surface area contributed by atoms with Gasteiger partial charge in [0.05, 0.1) is 6.20 Å². The van der Waals surface area contributed by atoms with E-state index < -0.39 is 0 Å². The average Bonchev–Trinajstić information content (AvgIpc) is 1.69. The molecule has 0 aliphatic carbocycles. The SMILES string of the molecule is Cc1[c]cn[c]c1. The summed E-state index contributed by atoms with van der Waals surface area (Å²) in [5, 5.41) is 0. The Morgan fingerprint density at radius 3 is 2.86 bits per heavy atom. The first-order chi connectivity index (χ1) is 3.39. The lowest BCUT2D eigenvalue weighted by Crippen LogP contribution is -1.70. The highest BCUT2D eigenvalue weighted by atomic mass is 14.6. The molecule has 1 heterocycles. The van der Waals surface area contributed by atoms with Gasteiger partial charge < -0.3 is 0 Å². The number of hydrogen-bond donors (Lipinski definition) is 0. The molecule has 1 rings (SSSR count). The molecule has 1 aromatic rings. The van der Waals surface area contributed by atoms with Gasteiger partial charge in [-0.1, -0.05) is 0 Å². The van der Waals surface area contributed by atoms with E-state index in [4.69, 9.17) is 0 Å². The fourth-order valence-corrected chi connectivity index (χ4v) is 0.347. The molecule has 0 unspecified atom stereocenters. The summed E-state index contributed by atoms with van der Waals surface area (Å²) in [6.07, 6.45) is 4.29. The molecule has 2 radical (unpaired) electrons. The molecule has 7 heavy (non-hydrogen) atoms. The van der Waals surface area contributed by atoms with Gasteiger partial charge in [-0.05, 0) is 18.6 Å². The normalized spacial score (nSPS) is 8.71. The summed E-state index contributed by atoms with van der Waals surface area (Å²) in [6, 6.07) is 4.68. The number of nitrogens with zero attached hydrogens (tertiary/aromatic N) is 1. The highest BCUT2D eigenvalue weighted by Gasteiger charge is 1.74. The second-order valence-corrected chi connectivity index (χ2v) is 1.36. The van der Waals surface area contributed by atoms with Gasteiger partial charge in [0.1, 0.15) is 0 Å². The highest BCUT2D eigenvalue weighted by molar-refractivity contribution is 5.02. The molecule has 0 amide bonds. The number of aromatic nitrogens is 1. The minimum Gasteiger partial charge on any atom is -0.254 e. The highest BCUT2D eigenvalue weighted by Crippen LogP contribution is 1.86. The third-order valence-corrected chi connectivity index (χ3v) is 0.712. The van der Waals surface area contributed by atoms with Gasteiger partial charge in [-0.15, -0.1) is 0 Å². The summed E-state index contributed by atoms with van der Waals surface area (Å²) in [6.45, 7) is 1.96. The van der Waals surface area contributed by atoms with E-state index in [0.717, 1.165) is 5.56 Å². The predicted molar refractivity (Wildman–Crippen MR) is 26.6 cm³/mol. The Morgan fingerprint density at radius 2 is 2.57 bits per heavy atom. The average molecular weight is 91.1 g/mol. The predicted octanol–water partition coefficient (Wildman–Crippen LogP) is 0.990. The Balaban J connectivity index is 3.02. The summed E-state index contributed by atoms with van der Waals surface area (Å²) >= 11 is 0. The fraction of sp³-hybridized carbons (Fsp3) is 0.167. The third kappa shape index (κ3) is 1.000. The van der Waals surface area contributed by atoms with Crippen molar-refractivity contribution >= 4 is 0 Å². The first-order valence-corrected chi connectivity index (χ1v) is 2.10. The summed E-state index contributed by atoms with van der Waals surface area (Å²) in [4.78, 5) is 3.66. The maximum Gasteiger partial charge on any atom is 0.0889 e. The summed E-state index contributed by atoms with van der Waals surface area (Å²) in [5.41, 5.74) is 1.08. The third-order valence-electron chi connectivity index (χ3n) is 0.712. The summed E-state index contributed by atoms with van der Waals surface area (Å²) in [7, 11) is 0. The maximum absolute atomic E-state index is 3.66. The molecule has 0 aromatic carbocycles. The van der Waals surface area contributed by atoms with Crippen molar-refractivity contribution in [2.75, 3.05) is 0 Å². The van der Waals surface area contributed by atoms with Crippen LogP contribution in [0.15, 0.2) is 12.3 Å². The van der Waals surface area contributed by atoms with Crippen molar-refractivity contribution < 1.29 is 0 Å². The maximum atomic E-state index is 3.66. The smallest absolute Gasteiger partial charge is 0.0889 e. The van der Waals surface area contributed by atoms with Crippen LogP contribution < -0.4 is 0 Å². The van der Waals surface area contributed by atoms with Gasteiger partial charge in [-0.3, -0.25) is 4.98 Å². The molecule has 0 aliphatic heterocycles.